The molecule has 0 aliphatic carbocycles. The first-order chi connectivity index (χ1) is 10.1. The second-order valence-corrected chi connectivity index (χ2v) is 4.68. The lowest BCUT2D eigenvalue weighted by molar-refractivity contribution is 0.0695. The predicted molar refractivity (Wildman–Crippen MR) is 75.5 cm³/mol. The fourth-order valence-electron chi connectivity index (χ4n) is 2.22. The maximum Gasteiger partial charge on any atom is 0.339 e. The molecule has 21 heavy (non-hydrogen) atoms. The van der Waals surface area contributed by atoms with Gasteiger partial charge in [-0.1, -0.05) is 12.1 Å². The number of hydrogen-bond donors (Lipinski definition) is 1. The Morgan fingerprint density at radius 3 is 2.86 bits per heavy atom. The minimum atomic E-state index is -1.05. The molecule has 0 fully saturated rings. The molecule has 2 heterocycles. The Labute approximate surface area is 119 Å². The fourth-order valence-corrected chi connectivity index (χ4v) is 2.22. The van der Waals surface area contributed by atoms with Crippen LogP contribution in [0.2, 0.25) is 0 Å². The number of nitrogens with zero attached hydrogens (tertiary/aromatic N) is 2. The molecule has 0 aliphatic heterocycles. The van der Waals surface area contributed by atoms with Crippen molar-refractivity contribution in [1.82, 2.24) is 9.55 Å². The van der Waals surface area contributed by atoms with Crippen LogP contribution in [0, 0.1) is 6.92 Å². The highest BCUT2D eigenvalue weighted by Gasteiger charge is 2.14. The zero-order valence-corrected chi connectivity index (χ0v) is 11.2. The molecule has 0 spiro atoms. The molecule has 6 nitrogen and oxygen atoms in total. The summed E-state index contributed by atoms with van der Waals surface area (Å²) in [6.07, 6.45) is 1.43. The van der Waals surface area contributed by atoms with Gasteiger partial charge in [0.1, 0.15) is 17.1 Å². The van der Waals surface area contributed by atoms with Crippen molar-refractivity contribution in [3.05, 3.63) is 64.1 Å². The molecule has 1 aromatic carbocycles. The highest BCUT2D eigenvalue weighted by Crippen LogP contribution is 2.15. The van der Waals surface area contributed by atoms with Gasteiger partial charge in [0.2, 0.25) is 0 Å². The molecule has 0 bridgehead atoms. The summed E-state index contributed by atoms with van der Waals surface area (Å²) in [5.74, 6) is -0.324. The zero-order chi connectivity index (χ0) is 15.0. The van der Waals surface area contributed by atoms with E-state index in [1.54, 1.807) is 25.1 Å². The Kier molecular flexibility index (Phi) is 3.06. The van der Waals surface area contributed by atoms with Gasteiger partial charge in [-0.05, 0) is 25.1 Å². The number of aryl methyl sites for hydroxylation is 1. The van der Waals surface area contributed by atoms with E-state index in [2.05, 4.69) is 4.98 Å². The summed E-state index contributed by atoms with van der Waals surface area (Å²) in [4.78, 5) is 27.5. The average molecular weight is 284 g/mol. The number of carboxylic acid groups (broad SMARTS) is 1. The number of aromatic nitrogens is 2. The first kappa shape index (κ1) is 13.1. The standard InChI is InChI=1S/C15H12N2O4/c1-9-12(15(19)20)6-10(21-9)7-17-8-16-13-5-3-2-4-11(13)14(17)18/h2-6,8H,7H2,1H3,(H,19,20). The molecule has 106 valence electrons. The molecule has 3 aromatic rings. The highest BCUT2D eigenvalue weighted by atomic mass is 16.4. The van der Waals surface area contributed by atoms with Crippen LogP contribution < -0.4 is 5.56 Å². The van der Waals surface area contributed by atoms with Crippen LogP contribution in [0.3, 0.4) is 0 Å². The van der Waals surface area contributed by atoms with E-state index in [4.69, 9.17) is 9.52 Å². The van der Waals surface area contributed by atoms with Gasteiger partial charge in [0.15, 0.2) is 0 Å². The van der Waals surface area contributed by atoms with E-state index < -0.39 is 5.97 Å². The van der Waals surface area contributed by atoms with E-state index in [-0.39, 0.29) is 17.7 Å². The van der Waals surface area contributed by atoms with Gasteiger partial charge in [0, 0.05) is 0 Å². The summed E-state index contributed by atoms with van der Waals surface area (Å²) in [6.45, 7) is 1.72. The van der Waals surface area contributed by atoms with Crippen LogP contribution in [0.15, 0.2) is 45.9 Å². The predicted octanol–water partition coefficient (Wildman–Crippen LogP) is 2.04. The quantitative estimate of drug-likeness (QED) is 0.795. The number of fused-ring (bicyclic) bond motifs is 1. The van der Waals surface area contributed by atoms with E-state index in [0.29, 0.717) is 22.4 Å². The molecule has 0 saturated carbocycles. The topological polar surface area (TPSA) is 85.3 Å². The second kappa shape index (κ2) is 4.90. The van der Waals surface area contributed by atoms with Gasteiger partial charge in [-0.15, -0.1) is 0 Å². The minimum Gasteiger partial charge on any atom is -0.478 e. The van der Waals surface area contributed by atoms with E-state index in [9.17, 15) is 9.59 Å². The summed E-state index contributed by atoms with van der Waals surface area (Å²) in [6, 6.07) is 8.49. The maximum atomic E-state index is 12.3. The van der Waals surface area contributed by atoms with Gasteiger partial charge in [-0.3, -0.25) is 9.36 Å². The van der Waals surface area contributed by atoms with E-state index in [0.717, 1.165) is 0 Å². The first-order valence-corrected chi connectivity index (χ1v) is 6.33. The third-order valence-corrected chi connectivity index (χ3v) is 3.26. The molecule has 0 amide bonds. The largest absolute Gasteiger partial charge is 0.478 e. The number of benzene rings is 1. The van der Waals surface area contributed by atoms with Gasteiger partial charge in [-0.2, -0.15) is 0 Å². The number of hydrogen-bond acceptors (Lipinski definition) is 4. The third-order valence-electron chi connectivity index (χ3n) is 3.26. The fraction of sp³-hybridized carbons (Fsp3) is 0.133. The summed E-state index contributed by atoms with van der Waals surface area (Å²) in [5.41, 5.74) is 0.541. The van der Waals surface area contributed by atoms with Crippen molar-refractivity contribution in [2.24, 2.45) is 0 Å². The summed E-state index contributed by atoms with van der Waals surface area (Å²) in [7, 11) is 0. The molecule has 0 radical (unpaired) electrons. The number of carboxylic acids is 1. The summed E-state index contributed by atoms with van der Waals surface area (Å²) < 4.78 is 6.77. The lowest BCUT2D eigenvalue weighted by atomic mass is 10.2. The molecular formula is C15H12N2O4. The molecule has 0 atom stereocenters. The average Bonchev–Trinajstić information content (AvgIpc) is 2.83. The van der Waals surface area contributed by atoms with Gasteiger partial charge < -0.3 is 9.52 Å². The van der Waals surface area contributed by atoms with Crippen LogP contribution in [0.5, 0.6) is 0 Å². The van der Waals surface area contributed by atoms with Crippen molar-refractivity contribution in [2.75, 3.05) is 0 Å². The van der Waals surface area contributed by atoms with Gasteiger partial charge >= 0.3 is 5.97 Å². The van der Waals surface area contributed by atoms with Crippen molar-refractivity contribution in [1.29, 1.82) is 0 Å². The number of carbonyl (C=O) groups is 1. The molecule has 6 heteroatoms. The Morgan fingerprint density at radius 2 is 2.14 bits per heavy atom. The number of aromatic carboxylic acids is 1. The molecule has 2 aromatic heterocycles. The Balaban J connectivity index is 2.02. The lowest BCUT2D eigenvalue weighted by Gasteiger charge is -2.04. The molecule has 0 unspecified atom stereocenters. The first-order valence-electron chi connectivity index (χ1n) is 6.33. The molecule has 0 aliphatic rings. The van der Waals surface area contributed by atoms with E-state index >= 15 is 0 Å². The highest BCUT2D eigenvalue weighted by molar-refractivity contribution is 5.88. The van der Waals surface area contributed by atoms with E-state index in [1.807, 2.05) is 6.07 Å². The van der Waals surface area contributed by atoms with Crippen LogP contribution >= 0.6 is 0 Å². The van der Waals surface area contributed by atoms with Crippen LogP contribution in [-0.4, -0.2) is 20.6 Å². The normalized spacial score (nSPS) is 10.9. The Hall–Kier alpha value is -2.89. The Morgan fingerprint density at radius 1 is 1.38 bits per heavy atom. The monoisotopic (exact) mass is 284 g/mol. The Bertz CT molecular complexity index is 892. The van der Waals surface area contributed by atoms with Gasteiger partial charge in [0.05, 0.1) is 23.8 Å². The molecular weight excluding hydrogens is 272 g/mol. The molecule has 3 rings (SSSR count). The number of furan rings is 1. The van der Waals surface area contributed by atoms with Crippen LogP contribution in [-0.2, 0) is 6.54 Å². The molecule has 0 saturated heterocycles. The number of rotatable bonds is 3. The minimum absolute atomic E-state index is 0.104. The summed E-state index contributed by atoms with van der Waals surface area (Å²) >= 11 is 0. The van der Waals surface area contributed by atoms with Gasteiger partial charge in [0.25, 0.3) is 5.56 Å². The van der Waals surface area contributed by atoms with E-state index in [1.165, 1.54) is 17.0 Å². The second-order valence-electron chi connectivity index (χ2n) is 4.68. The zero-order valence-electron chi connectivity index (χ0n) is 11.2. The van der Waals surface area contributed by atoms with Crippen LogP contribution in [0.1, 0.15) is 21.9 Å². The van der Waals surface area contributed by atoms with Crippen LogP contribution in [0.25, 0.3) is 10.9 Å². The molecule has 1 N–H and O–H groups in total. The van der Waals surface area contributed by atoms with Crippen molar-refractivity contribution < 1.29 is 14.3 Å². The van der Waals surface area contributed by atoms with Gasteiger partial charge in [-0.25, -0.2) is 9.78 Å². The summed E-state index contributed by atoms with van der Waals surface area (Å²) in [5, 5.41) is 9.52. The van der Waals surface area contributed by atoms with Crippen molar-refractivity contribution in [3.63, 3.8) is 0 Å². The number of para-hydroxylation sites is 1. The third kappa shape index (κ3) is 2.31. The van der Waals surface area contributed by atoms with Crippen molar-refractivity contribution in [3.8, 4) is 0 Å². The van der Waals surface area contributed by atoms with Crippen LogP contribution in [0.4, 0.5) is 0 Å². The SMILES string of the molecule is Cc1oc(Cn2cnc3ccccc3c2=O)cc1C(=O)O. The van der Waals surface area contributed by atoms with Crippen molar-refractivity contribution >= 4 is 16.9 Å². The maximum absolute atomic E-state index is 12.3. The lowest BCUT2D eigenvalue weighted by Crippen LogP contribution is -2.20. The smallest absolute Gasteiger partial charge is 0.339 e. The van der Waals surface area contributed by atoms with Crippen molar-refractivity contribution in [2.45, 2.75) is 13.5 Å².